The summed E-state index contributed by atoms with van der Waals surface area (Å²) in [7, 11) is 0. The van der Waals surface area contributed by atoms with Crippen LogP contribution in [0.3, 0.4) is 0 Å². The lowest BCUT2D eigenvalue weighted by atomic mass is 10.4. The summed E-state index contributed by atoms with van der Waals surface area (Å²) in [6.07, 6.45) is 1.98. The van der Waals surface area contributed by atoms with Crippen molar-refractivity contribution in [3.8, 4) is 0 Å². The Morgan fingerprint density at radius 2 is 2.15 bits per heavy atom. The molecule has 0 saturated carbocycles. The summed E-state index contributed by atoms with van der Waals surface area (Å²) in [6.45, 7) is 5.86. The van der Waals surface area contributed by atoms with Gasteiger partial charge in [0, 0.05) is 22.7 Å². The topological polar surface area (TPSA) is 67.8 Å². The number of aryl methyl sites for hydroxylation is 3. The number of hydrogen-bond donors (Lipinski definition) is 1. The number of thioether (sulfide) groups is 1. The second kappa shape index (κ2) is 6.81. The van der Waals surface area contributed by atoms with Crippen molar-refractivity contribution in [2.24, 2.45) is 0 Å². The Morgan fingerprint density at radius 1 is 1.35 bits per heavy atom. The van der Waals surface area contributed by atoms with Crippen molar-refractivity contribution in [1.82, 2.24) is 15.0 Å². The lowest BCUT2D eigenvalue weighted by molar-refractivity contribution is -0.115. The summed E-state index contributed by atoms with van der Waals surface area (Å²) in [5, 5.41) is 4.39. The molecule has 2 rings (SSSR count). The van der Waals surface area contributed by atoms with E-state index in [0.29, 0.717) is 17.3 Å². The highest BCUT2D eigenvalue weighted by atomic mass is 32.2. The van der Waals surface area contributed by atoms with Gasteiger partial charge in [0.2, 0.25) is 5.91 Å². The first-order chi connectivity index (χ1) is 9.54. The van der Waals surface area contributed by atoms with Gasteiger partial charge in [0.1, 0.15) is 6.33 Å². The number of carbonyl (C=O) groups is 1. The van der Waals surface area contributed by atoms with Crippen LogP contribution in [-0.2, 0) is 4.79 Å². The van der Waals surface area contributed by atoms with Crippen LogP contribution in [0.2, 0.25) is 0 Å². The molecule has 0 atom stereocenters. The molecule has 1 N–H and O–H groups in total. The number of thiazole rings is 1. The third-order valence-electron chi connectivity index (χ3n) is 2.63. The van der Waals surface area contributed by atoms with E-state index >= 15 is 0 Å². The van der Waals surface area contributed by atoms with Crippen LogP contribution in [0, 0.1) is 20.8 Å². The van der Waals surface area contributed by atoms with E-state index in [-0.39, 0.29) is 5.91 Å². The minimum atomic E-state index is -0.0166. The molecule has 0 unspecified atom stereocenters. The van der Waals surface area contributed by atoms with Crippen LogP contribution < -0.4 is 5.32 Å². The van der Waals surface area contributed by atoms with Crippen molar-refractivity contribution in [2.45, 2.75) is 32.2 Å². The molecule has 0 bridgehead atoms. The smallest absolute Gasteiger partial charge is 0.226 e. The van der Waals surface area contributed by atoms with Gasteiger partial charge >= 0.3 is 0 Å². The zero-order valence-electron chi connectivity index (χ0n) is 11.6. The molecule has 5 nitrogen and oxygen atoms in total. The van der Waals surface area contributed by atoms with E-state index in [9.17, 15) is 4.79 Å². The van der Waals surface area contributed by atoms with Gasteiger partial charge in [-0.3, -0.25) is 4.79 Å². The number of rotatable bonds is 5. The highest BCUT2D eigenvalue weighted by molar-refractivity contribution is 7.99. The predicted molar refractivity (Wildman–Crippen MR) is 82.3 cm³/mol. The maximum absolute atomic E-state index is 11.8. The van der Waals surface area contributed by atoms with Crippen molar-refractivity contribution in [3.05, 3.63) is 28.7 Å². The average molecular weight is 308 g/mol. The fourth-order valence-corrected chi connectivity index (χ4v) is 3.17. The van der Waals surface area contributed by atoms with E-state index in [1.807, 2.05) is 26.8 Å². The molecule has 0 fully saturated rings. The van der Waals surface area contributed by atoms with Gasteiger partial charge in [-0.2, -0.15) is 0 Å². The number of aromatic nitrogens is 3. The Balaban J connectivity index is 1.78. The number of amides is 1. The minimum absolute atomic E-state index is 0.0166. The van der Waals surface area contributed by atoms with Gasteiger partial charge < -0.3 is 5.32 Å². The SMILES string of the molecule is Cc1cc(SCCC(=O)Nc2nc(C)c(C)s2)ncn1. The van der Waals surface area contributed by atoms with Crippen molar-refractivity contribution in [2.75, 3.05) is 11.1 Å². The van der Waals surface area contributed by atoms with Crippen LogP contribution in [0.1, 0.15) is 22.7 Å². The molecule has 2 aromatic heterocycles. The van der Waals surface area contributed by atoms with Crippen molar-refractivity contribution < 1.29 is 4.79 Å². The summed E-state index contributed by atoms with van der Waals surface area (Å²) in [6, 6.07) is 1.91. The summed E-state index contributed by atoms with van der Waals surface area (Å²) in [5.74, 6) is 0.669. The van der Waals surface area contributed by atoms with Gasteiger partial charge in [0.25, 0.3) is 0 Å². The maximum atomic E-state index is 11.8. The van der Waals surface area contributed by atoms with Gasteiger partial charge in [0.05, 0.1) is 10.7 Å². The van der Waals surface area contributed by atoms with Crippen LogP contribution in [0.15, 0.2) is 17.4 Å². The number of carbonyl (C=O) groups excluding carboxylic acids is 1. The van der Waals surface area contributed by atoms with E-state index in [0.717, 1.165) is 21.3 Å². The van der Waals surface area contributed by atoms with Crippen LogP contribution in [0.25, 0.3) is 0 Å². The van der Waals surface area contributed by atoms with Crippen molar-refractivity contribution in [3.63, 3.8) is 0 Å². The predicted octanol–water partition coefficient (Wildman–Crippen LogP) is 2.98. The molecule has 0 radical (unpaired) electrons. The summed E-state index contributed by atoms with van der Waals surface area (Å²) >= 11 is 3.06. The van der Waals surface area contributed by atoms with E-state index in [2.05, 4.69) is 20.3 Å². The monoisotopic (exact) mass is 308 g/mol. The molecule has 1 amide bonds. The van der Waals surface area contributed by atoms with E-state index < -0.39 is 0 Å². The van der Waals surface area contributed by atoms with Crippen LogP contribution in [-0.4, -0.2) is 26.6 Å². The van der Waals surface area contributed by atoms with E-state index in [1.165, 1.54) is 11.3 Å². The second-order valence-corrected chi connectivity index (χ2v) is 6.62. The third-order valence-corrected chi connectivity index (χ3v) is 4.55. The van der Waals surface area contributed by atoms with Gasteiger partial charge in [0.15, 0.2) is 5.13 Å². The lowest BCUT2D eigenvalue weighted by Gasteiger charge is -2.02. The molecule has 2 heterocycles. The lowest BCUT2D eigenvalue weighted by Crippen LogP contribution is -2.12. The Bertz CT molecular complexity index is 593. The van der Waals surface area contributed by atoms with Crippen LogP contribution in [0.4, 0.5) is 5.13 Å². The molecular weight excluding hydrogens is 292 g/mol. The van der Waals surface area contributed by atoms with Crippen LogP contribution in [0.5, 0.6) is 0 Å². The first-order valence-corrected chi connectivity index (χ1v) is 8.00. The third kappa shape index (κ3) is 4.28. The van der Waals surface area contributed by atoms with Gasteiger partial charge in [-0.15, -0.1) is 23.1 Å². The molecule has 0 aromatic carbocycles. The molecule has 7 heteroatoms. The first-order valence-electron chi connectivity index (χ1n) is 6.20. The number of nitrogens with one attached hydrogen (secondary N) is 1. The standard InChI is InChI=1S/C13H16N4OS2/c1-8-6-12(15-7-14-8)19-5-4-11(18)17-13-16-9(2)10(3)20-13/h6-7H,4-5H2,1-3H3,(H,16,17,18). The molecule has 2 aromatic rings. The summed E-state index contributed by atoms with van der Waals surface area (Å²) in [5.41, 5.74) is 1.90. The number of hydrogen-bond acceptors (Lipinski definition) is 6. The van der Waals surface area contributed by atoms with Gasteiger partial charge in [-0.1, -0.05) is 0 Å². The molecule has 20 heavy (non-hydrogen) atoms. The molecule has 0 aliphatic rings. The molecule has 0 aliphatic heterocycles. The zero-order valence-corrected chi connectivity index (χ0v) is 13.3. The van der Waals surface area contributed by atoms with E-state index in [1.54, 1.807) is 18.1 Å². The van der Waals surface area contributed by atoms with Crippen molar-refractivity contribution >= 4 is 34.1 Å². The van der Waals surface area contributed by atoms with Gasteiger partial charge in [-0.05, 0) is 26.8 Å². The number of anilines is 1. The highest BCUT2D eigenvalue weighted by Gasteiger charge is 2.08. The first kappa shape index (κ1) is 14.9. The number of nitrogens with zero attached hydrogens (tertiary/aromatic N) is 3. The van der Waals surface area contributed by atoms with Gasteiger partial charge in [-0.25, -0.2) is 15.0 Å². The van der Waals surface area contributed by atoms with Crippen molar-refractivity contribution in [1.29, 1.82) is 0 Å². The van der Waals surface area contributed by atoms with E-state index in [4.69, 9.17) is 0 Å². The molecular formula is C13H16N4OS2. The maximum Gasteiger partial charge on any atom is 0.226 e. The zero-order chi connectivity index (χ0) is 14.5. The highest BCUT2D eigenvalue weighted by Crippen LogP contribution is 2.21. The molecule has 106 valence electrons. The molecule has 0 spiro atoms. The largest absolute Gasteiger partial charge is 0.302 e. The average Bonchev–Trinajstić information content (AvgIpc) is 2.68. The fourth-order valence-electron chi connectivity index (χ4n) is 1.47. The second-order valence-electron chi connectivity index (χ2n) is 4.30. The Morgan fingerprint density at radius 3 is 2.80 bits per heavy atom. The normalized spacial score (nSPS) is 10.6. The van der Waals surface area contributed by atoms with Crippen LogP contribution >= 0.6 is 23.1 Å². The Hall–Kier alpha value is -1.47. The fraction of sp³-hybridized carbons (Fsp3) is 0.385. The molecule has 0 aliphatic carbocycles. The summed E-state index contributed by atoms with van der Waals surface area (Å²) < 4.78 is 0. The Labute approximate surface area is 126 Å². The minimum Gasteiger partial charge on any atom is -0.302 e. The Kier molecular flexibility index (Phi) is 5.08. The molecule has 0 saturated heterocycles. The quantitative estimate of drug-likeness (QED) is 0.679. The summed E-state index contributed by atoms with van der Waals surface area (Å²) in [4.78, 5) is 25.4.